The summed E-state index contributed by atoms with van der Waals surface area (Å²) >= 11 is 0. The largest absolute Gasteiger partial charge is 0.481 e. The van der Waals surface area contributed by atoms with Crippen LogP contribution >= 0.6 is 0 Å². The molecule has 1 rings (SSSR count). The van der Waals surface area contributed by atoms with E-state index in [9.17, 15) is 9.59 Å². The highest BCUT2D eigenvalue weighted by Crippen LogP contribution is 2.18. The Balaban J connectivity index is 2.68. The Hall–Kier alpha value is -1.91. The van der Waals surface area contributed by atoms with Crippen molar-refractivity contribution in [2.24, 2.45) is 0 Å². The number of rotatable bonds is 6. The summed E-state index contributed by atoms with van der Waals surface area (Å²) in [6, 6.07) is 3.33. The third-order valence-corrected chi connectivity index (χ3v) is 2.35. The van der Waals surface area contributed by atoms with E-state index in [4.69, 9.17) is 5.11 Å². The number of hydrogen-bond donors (Lipinski definition) is 2. The maximum absolute atomic E-state index is 11.5. The van der Waals surface area contributed by atoms with Gasteiger partial charge in [-0.05, 0) is 18.1 Å². The first kappa shape index (κ1) is 13.2. The number of carboxylic acids is 1. The van der Waals surface area contributed by atoms with E-state index >= 15 is 0 Å². The SMILES string of the molecule is CCCNC(=O)CC(C(=O)O)c1cccnc1. The number of carboxylic acid groups (broad SMARTS) is 1. The molecular weight excluding hydrogens is 220 g/mol. The Morgan fingerprint density at radius 3 is 2.82 bits per heavy atom. The van der Waals surface area contributed by atoms with Crippen molar-refractivity contribution in [2.45, 2.75) is 25.7 Å². The van der Waals surface area contributed by atoms with E-state index < -0.39 is 11.9 Å². The van der Waals surface area contributed by atoms with Gasteiger partial charge in [0.2, 0.25) is 5.91 Å². The first-order valence-electron chi connectivity index (χ1n) is 5.54. The van der Waals surface area contributed by atoms with Crippen LogP contribution in [0.3, 0.4) is 0 Å². The van der Waals surface area contributed by atoms with E-state index in [1.807, 2.05) is 6.92 Å². The molecule has 1 unspecified atom stereocenters. The number of hydrogen-bond acceptors (Lipinski definition) is 3. The second-order valence-corrected chi connectivity index (χ2v) is 3.73. The molecule has 2 N–H and O–H groups in total. The molecule has 1 aromatic rings. The minimum absolute atomic E-state index is 0.0545. The van der Waals surface area contributed by atoms with Gasteiger partial charge in [-0.15, -0.1) is 0 Å². The van der Waals surface area contributed by atoms with Gasteiger partial charge in [0.05, 0.1) is 5.92 Å². The van der Waals surface area contributed by atoms with E-state index in [0.717, 1.165) is 6.42 Å². The number of carbonyl (C=O) groups is 2. The van der Waals surface area contributed by atoms with Gasteiger partial charge in [-0.1, -0.05) is 13.0 Å². The number of carbonyl (C=O) groups excluding carboxylic acids is 1. The smallest absolute Gasteiger partial charge is 0.311 e. The van der Waals surface area contributed by atoms with Crippen LogP contribution < -0.4 is 5.32 Å². The van der Waals surface area contributed by atoms with Crippen molar-refractivity contribution in [2.75, 3.05) is 6.54 Å². The van der Waals surface area contributed by atoms with Gasteiger partial charge in [-0.3, -0.25) is 14.6 Å². The van der Waals surface area contributed by atoms with Crippen molar-refractivity contribution in [3.8, 4) is 0 Å². The van der Waals surface area contributed by atoms with E-state index in [2.05, 4.69) is 10.3 Å². The lowest BCUT2D eigenvalue weighted by Crippen LogP contribution is -2.28. The zero-order valence-electron chi connectivity index (χ0n) is 9.72. The third kappa shape index (κ3) is 4.22. The van der Waals surface area contributed by atoms with Gasteiger partial charge >= 0.3 is 5.97 Å². The summed E-state index contributed by atoms with van der Waals surface area (Å²) in [7, 11) is 0. The monoisotopic (exact) mass is 236 g/mol. The number of aromatic nitrogens is 1. The van der Waals surface area contributed by atoms with Gasteiger partial charge in [-0.25, -0.2) is 0 Å². The fraction of sp³-hybridized carbons (Fsp3) is 0.417. The van der Waals surface area contributed by atoms with Crippen molar-refractivity contribution in [1.29, 1.82) is 0 Å². The maximum atomic E-state index is 11.5. The standard InChI is InChI=1S/C12H16N2O3/c1-2-5-14-11(15)7-10(12(16)17)9-4-3-6-13-8-9/h3-4,6,8,10H,2,5,7H2,1H3,(H,14,15)(H,16,17). The van der Waals surface area contributed by atoms with Gasteiger partial charge in [0.15, 0.2) is 0 Å². The Morgan fingerprint density at radius 1 is 1.53 bits per heavy atom. The summed E-state index contributed by atoms with van der Waals surface area (Å²) in [6.45, 7) is 2.51. The van der Waals surface area contributed by atoms with Crippen molar-refractivity contribution >= 4 is 11.9 Å². The van der Waals surface area contributed by atoms with Crippen LogP contribution in [0.25, 0.3) is 0 Å². The molecule has 1 atom stereocenters. The zero-order valence-corrected chi connectivity index (χ0v) is 9.72. The van der Waals surface area contributed by atoms with Gasteiger partial charge in [0.1, 0.15) is 0 Å². The molecule has 0 aliphatic heterocycles. The van der Waals surface area contributed by atoms with Crippen LogP contribution in [-0.4, -0.2) is 28.5 Å². The molecule has 0 bridgehead atoms. The van der Waals surface area contributed by atoms with Crippen molar-refractivity contribution < 1.29 is 14.7 Å². The van der Waals surface area contributed by atoms with Crippen LogP contribution in [0.4, 0.5) is 0 Å². The number of nitrogens with one attached hydrogen (secondary N) is 1. The molecule has 92 valence electrons. The molecule has 0 aliphatic rings. The predicted octanol–water partition coefficient (Wildman–Crippen LogP) is 1.17. The molecule has 0 fully saturated rings. The second-order valence-electron chi connectivity index (χ2n) is 3.73. The van der Waals surface area contributed by atoms with Crippen molar-refractivity contribution in [3.63, 3.8) is 0 Å². The summed E-state index contributed by atoms with van der Waals surface area (Å²) < 4.78 is 0. The van der Waals surface area contributed by atoms with Gasteiger partial charge < -0.3 is 10.4 Å². The molecule has 0 aliphatic carbocycles. The minimum Gasteiger partial charge on any atom is -0.481 e. The molecule has 0 saturated heterocycles. The first-order chi connectivity index (χ1) is 8.15. The topological polar surface area (TPSA) is 79.3 Å². The average molecular weight is 236 g/mol. The highest BCUT2D eigenvalue weighted by atomic mass is 16.4. The van der Waals surface area contributed by atoms with Crippen LogP contribution in [0.1, 0.15) is 31.2 Å². The van der Waals surface area contributed by atoms with Crippen molar-refractivity contribution in [3.05, 3.63) is 30.1 Å². The van der Waals surface area contributed by atoms with Gasteiger partial charge in [0, 0.05) is 25.4 Å². The first-order valence-corrected chi connectivity index (χ1v) is 5.54. The summed E-state index contributed by atoms with van der Waals surface area (Å²) in [6.07, 6.45) is 3.82. The minimum atomic E-state index is -1.01. The molecule has 17 heavy (non-hydrogen) atoms. The molecule has 1 aromatic heterocycles. The highest BCUT2D eigenvalue weighted by Gasteiger charge is 2.23. The normalized spacial score (nSPS) is 11.8. The lowest BCUT2D eigenvalue weighted by molar-refractivity contribution is -0.140. The Kier molecular flexibility index (Phi) is 5.13. The van der Waals surface area contributed by atoms with E-state index in [-0.39, 0.29) is 12.3 Å². The summed E-state index contributed by atoms with van der Waals surface area (Å²) in [5.74, 6) is -2.09. The van der Waals surface area contributed by atoms with Crippen LogP contribution in [0.5, 0.6) is 0 Å². The van der Waals surface area contributed by atoms with Crippen LogP contribution in [0.15, 0.2) is 24.5 Å². The summed E-state index contributed by atoms with van der Waals surface area (Å²) in [5.41, 5.74) is 0.548. The fourth-order valence-electron chi connectivity index (χ4n) is 1.45. The van der Waals surface area contributed by atoms with E-state index in [1.54, 1.807) is 18.3 Å². The molecule has 1 amide bonds. The molecule has 5 nitrogen and oxygen atoms in total. The fourth-order valence-corrected chi connectivity index (χ4v) is 1.45. The summed E-state index contributed by atoms with van der Waals surface area (Å²) in [5, 5.41) is 11.8. The van der Waals surface area contributed by atoms with Crippen LogP contribution in [-0.2, 0) is 9.59 Å². The summed E-state index contributed by atoms with van der Waals surface area (Å²) in [4.78, 5) is 26.5. The third-order valence-electron chi connectivity index (χ3n) is 2.35. The molecule has 0 saturated carbocycles. The van der Waals surface area contributed by atoms with Gasteiger partial charge in [0.25, 0.3) is 0 Å². The molecule has 0 spiro atoms. The lowest BCUT2D eigenvalue weighted by Gasteiger charge is -2.11. The molecule has 1 heterocycles. The van der Waals surface area contributed by atoms with Crippen LogP contribution in [0, 0.1) is 0 Å². The zero-order chi connectivity index (χ0) is 12.7. The van der Waals surface area contributed by atoms with Crippen molar-refractivity contribution in [1.82, 2.24) is 10.3 Å². The predicted molar refractivity (Wildman–Crippen MR) is 62.5 cm³/mol. The lowest BCUT2D eigenvalue weighted by atomic mass is 9.97. The van der Waals surface area contributed by atoms with E-state index in [0.29, 0.717) is 12.1 Å². The molecule has 0 radical (unpaired) electrons. The molecule has 5 heteroatoms. The van der Waals surface area contributed by atoms with E-state index in [1.165, 1.54) is 6.20 Å². The number of nitrogens with zero attached hydrogens (tertiary/aromatic N) is 1. The average Bonchev–Trinajstić information content (AvgIpc) is 2.34. The van der Waals surface area contributed by atoms with Crippen LogP contribution in [0.2, 0.25) is 0 Å². The van der Waals surface area contributed by atoms with Gasteiger partial charge in [-0.2, -0.15) is 0 Å². The number of pyridine rings is 1. The number of amides is 1. The Morgan fingerprint density at radius 2 is 2.29 bits per heavy atom. The number of aliphatic carboxylic acids is 1. The quantitative estimate of drug-likeness (QED) is 0.777. The Labute approximate surface area is 99.9 Å². The highest BCUT2D eigenvalue weighted by molar-refractivity contribution is 5.85. The molecular formula is C12H16N2O3. The second kappa shape index (κ2) is 6.62. The molecule has 0 aromatic carbocycles. The maximum Gasteiger partial charge on any atom is 0.311 e. The Bertz CT molecular complexity index is 379.